The molecule has 1 N–H and O–H groups in total. The minimum atomic E-state index is -1.54. The fraction of sp³-hybridized carbons (Fsp3) is 0.111. The molecule has 0 saturated heterocycles. The Bertz CT molecular complexity index is 1620. The van der Waals surface area contributed by atoms with E-state index >= 15 is 0 Å². The summed E-state index contributed by atoms with van der Waals surface area (Å²) in [6.45, 7) is 4.17. The van der Waals surface area contributed by atoms with Crippen LogP contribution < -0.4 is 15.0 Å². The van der Waals surface area contributed by atoms with Gasteiger partial charge in [0.2, 0.25) is 0 Å². The van der Waals surface area contributed by atoms with Gasteiger partial charge in [-0.1, -0.05) is 29.4 Å². The van der Waals surface area contributed by atoms with Crippen molar-refractivity contribution in [3.63, 3.8) is 0 Å². The van der Waals surface area contributed by atoms with Gasteiger partial charge in [-0.3, -0.25) is 14.1 Å². The molecule has 7 nitrogen and oxygen atoms in total. The molecular weight excluding hydrogens is 462 g/mol. The van der Waals surface area contributed by atoms with Crippen molar-refractivity contribution < 1.29 is 13.5 Å². The smallest absolute Gasteiger partial charge is 0.255 e. The molecule has 0 fully saturated rings. The molecule has 176 valence electrons. The Morgan fingerprint density at radius 3 is 2.46 bits per heavy atom. The molecule has 2 aromatic heterocycles. The van der Waals surface area contributed by atoms with Gasteiger partial charge < -0.3 is 9.26 Å². The average Bonchev–Trinajstić information content (AvgIpc) is 3.38. The number of fused-ring (bicyclic) bond motifs is 1. The number of hydrogen-bond donors (Lipinski definition) is 1. The minimum absolute atomic E-state index is 0.190. The topological polar surface area (TPSA) is 86.4 Å². The van der Waals surface area contributed by atoms with Crippen LogP contribution in [-0.4, -0.2) is 21.0 Å². The van der Waals surface area contributed by atoms with Crippen molar-refractivity contribution >= 4 is 27.7 Å². The second kappa shape index (κ2) is 9.23. The van der Waals surface area contributed by atoms with Gasteiger partial charge in [-0.15, -0.1) is 0 Å². The van der Waals surface area contributed by atoms with Gasteiger partial charge in [0.15, 0.2) is 16.8 Å². The van der Waals surface area contributed by atoms with Crippen molar-refractivity contribution in [2.45, 2.75) is 18.7 Å². The molecule has 0 radical (unpaired) electrons. The number of benzene rings is 3. The average molecular weight is 486 g/mol. The standard InChI is InChI=1S/C27H23N3O4S/c1-17-4-5-19(14-18(17)2)20-6-9-24(25(16-20)33-3)30-23-10-8-22(15-21(23)7-11-27(30)31)35(32)29-26-12-13-34-28-26/h4-16H,1-3H3,(H,28,29). The van der Waals surface area contributed by atoms with Crippen LogP contribution in [0.3, 0.4) is 0 Å². The van der Waals surface area contributed by atoms with E-state index in [0.29, 0.717) is 27.7 Å². The first-order chi connectivity index (χ1) is 16.9. The lowest BCUT2D eigenvalue weighted by Crippen LogP contribution is -2.18. The summed E-state index contributed by atoms with van der Waals surface area (Å²) in [7, 11) is 0.0494. The van der Waals surface area contributed by atoms with E-state index in [1.807, 2.05) is 18.2 Å². The molecule has 5 rings (SSSR count). The molecule has 0 aliphatic rings. The second-order valence-electron chi connectivity index (χ2n) is 8.17. The quantitative estimate of drug-likeness (QED) is 0.348. The van der Waals surface area contributed by atoms with Gasteiger partial charge in [0.25, 0.3) is 5.56 Å². The Kier molecular flexibility index (Phi) is 5.96. The highest BCUT2D eigenvalue weighted by Gasteiger charge is 2.14. The van der Waals surface area contributed by atoms with Crippen LogP contribution in [-0.2, 0) is 11.0 Å². The van der Waals surface area contributed by atoms with Gasteiger partial charge in [0.1, 0.15) is 12.0 Å². The van der Waals surface area contributed by atoms with Gasteiger partial charge in [-0.2, -0.15) is 0 Å². The van der Waals surface area contributed by atoms with E-state index in [2.05, 4.69) is 41.9 Å². The molecule has 35 heavy (non-hydrogen) atoms. The van der Waals surface area contributed by atoms with Crippen molar-refractivity contribution in [2.75, 3.05) is 11.8 Å². The molecule has 0 spiro atoms. The molecule has 0 aliphatic heterocycles. The first kappa shape index (κ1) is 22.6. The Morgan fingerprint density at radius 2 is 1.71 bits per heavy atom. The molecular formula is C27H23N3O4S. The second-order valence-corrected chi connectivity index (χ2v) is 9.38. The predicted molar refractivity (Wildman–Crippen MR) is 138 cm³/mol. The van der Waals surface area contributed by atoms with E-state index in [4.69, 9.17) is 9.26 Å². The normalized spacial score (nSPS) is 12.0. The number of aryl methyl sites for hydroxylation is 2. The summed E-state index contributed by atoms with van der Waals surface area (Å²) in [6.07, 6.45) is 1.40. The van der Waals surface area contributed by atoms with Crippen molar-refractivity contribution in [3.8, 4) is 22.6 Å². The molecule has 0 bridgehead atoms. The summed E-state index contributed by atoms with van der Waals surface area (Å²) in [5.41, 5.74) is 5.64. The first-order valence-electron chi connectivity index (χ1n) is 11.0. The van der Waals surface area contributed by atoms with E-state index in [1.165, 1.54) is 23.5 Å². The fourth-order valence-corrected chi connectivity index (χ4v) is 4.81. The third-order valence-corrected chi connectivity index (χ3v) is 7.05. The minimum Gasteiger partial charge on any atom is -0.495 e. The molecule has 1 atom stereocenters. The maximum Gasteiger partial charge on any atom is 0.255 e. The van der Waals surface area contributed by atoms with Gasteiger partial charge in [-0.05, 0) is 72.5 Å². The third-order valence-electron chi connectivity index (χ3n) is 5.98. The lowest BCUT2D eigenvalue weighted by molar-refractivity contribution is 0.413. The number of methoxy groups -OCH3 is 1. The number of hydrogen-bond acceptors (Lipinski definition) is 5. The van der Waals surface area contributed by atoms with Crippen molar-refractivity contribution in [3.05, 3.63) is 101 Å². The molecule has 8 heteroatoms. The largest absolute Gasteiger partial charge is 0.495 e. The molecule has 5 aromatic rings. The highest BCUT2D eigenvalue weighted by Crippen LogP contribution is 2.32. The number of rotatable bonds is 6. The van der Waals surface area contributed by atoms with Gasteiger partial charge in [0.05, 0.1) is 23.2 Å². The van der Waals surface area contributed by atoms with Crippen LogP contribution >= 0.6 is 0 Å². The molecule has 0 saturated carbocycles. The number of nitrogens with zero attached hydrogens (tertiary/aromatic N) is 2. The summed E-state index contributed by atoms with van der Waals surface area (Å²) in [5.74, 6) is 0.956. The number of nitrogens with one attached hydrogen (secondary N) is 1. The first-order valence-corrected chi connectivity index (χ1v) is 12.1. The van der Waals surface area contributed by atoms with Crippen LogP contribution in [0.1, 0.15) is 11.1 Å². The number of ether oxygens (including phenoxy) is 1. The predicted octanol–water partition coefficient (Wildman–Crippen LogP) is 5.41. The molecule has 3 aromatic carbocycles. The Morgan fingerprint density at radius 1 is 0.914 bits per heavy atom. The maximum atomic E-state index is 13.0. The van der Waals surface area contributed by atoms with Crippen LogP contribution in [0.4, 0.5) is 5.82 Å². The zero-order valence-electron chi connectivity index (χ0n) is 19.4. The van der Waals surface area contributed by atoms with Crippen LogP contribution in [0.5, 0.6) is 5.75 Å². The van der Waals surface area contributed by atoms with Crippen molar-refractivity contribution in [2.24, 2.45) is 0 Å². The molecule has 2 heterocycles. The van der Waals surface area contributed by atoms with E-state index in [0.717, 1.165) is 16.5 Å². The van der Waals surface area contributed by atoms with Gasteiger partial charge >= 0.3 is 0 Å². The number of pyridine rings is 1. The van der Waals surface area contributed by atoms with Gasteiger partial charge in [-0.25, -0.2) is 4.21 Å². The van der Waals surface area contributed by atoms with Crippen LogP contribution in [0.2, 0.25) is 0 Å². The summed E-state index contributed by atoms with van der Waals surface area (Å²) < 4.78 is 27.6. The summed E-state index contributed by atoms with van der Waals surface area (Å²) in [6, 6.07) is 22.2. The SMILES string of the molecule is COc1cc(-c2ccc(C)c(C)c2)ccc1-n1c(=O)ccc2cc(S(=O)Nc3ccon3)ccc21. The summed E-state index contributed by atoms with van der Waals surface area (Å²) >= 11 is 0. The number of aromatic nitrogens is 2. The fourth-order valence-electron chi connectivity index (χ4n) is 3.97. The van der Waals surface area contributed by atoms with Crippen LogP contribution in [0.15, 0.2) is 93.3 Å². The molecule has 1 unspecified atom stereocenters. The van der Waals surface area contributed by atoms with Crippen molar-refractivity contribution in [1.29, 1.82) is 0 Å². The van der Waals surface area contributed by atoms with Crippen LogP contribution in [0, 0.1) is 13.8 Å². The lowest BCUT2D eigenvalue weighted by Gasteiger charge is -2.16. The van der Waals surface area contributed by atoms with Crippen molar-refractivity contribution in [1.82, 2.24) is 9.72 Å². The van der Waals surface area contributed by atoms with Gasteiger partial charge in [0, 0.05) is 17.5 Å². The summed E-state index contributed by atoms with van der Waals surface area (Å²) in [5, 5.41) is 4.49. The van der Waals surface area contributed by atoms with E-state index in [-0.39, 0.29) is 5.56 Å². The Hall–Kier alpha value is -4.17. The van der Waals surface area contributed by atoms with Crippen LogP contribution in [0.25, 0.3) is 27.7 Å². The zero-order valence-corrected chi connectivity index (χ0v) is 20.3. The maximum absolute atomic E-state index is 13.0. The third kappa shape index (κ3) is 4.36. The molecule has 0 amide bonds. The zero-order chi connectivity index (χ0) is 24.5. The Balaban J connectivity index is 1.58. The number of anilines is 1. The lowest BCUT2D eigenvalue weighted by atomic mass is 10.00. The highest BCUT2D eigenvalue weighted by atomic mass is 32.2. The molecule has 0 aliphatic carbocycles. The van der Waals surface area contributed by atoms with E-state index in [1.54, 1.807) is 42.0 Å². The monoisotopic (exact) mass is 485 g/mol. The van der Waals surface area contributed by atoms with E-state index < -0.39 is 11.0 Å². The van der Waals surface area contributed by atoms with E-state index in [9.17, 15) is 9.00 Å². The highest BCUT2D eigenvalue weighted by molar-refractivity contribution is 7.86. The Labute approximate surface area is 204 Å². The summed E-state index contributed by atoms with van der Waals surface area (Å²) in [4.78, 5) is 13.5.